The van der Waals surface area contributed by atoms with Crippen LogP contribution in [0.4, 0.5) is 41.9 Å². The zero-order chi connectivity index (χ0) is 38.1. The Labute approximate surface area is 311 Å². The zero-order valence-corrected chi connectivity index (χ0v) is 29.2. The number of hydrogen-bond donors (Lipinski definition) is 6. The standard InChI is InChI=1S/C39H38N8O7/c40-16-15-26-3-7-30(8-4-26)46-38(51)53-19-1-17-42-36(49)44-32-11-13-34-28(22-32)21-29-23-33(12-14-35(29)34)45-37(50)43-18-2-20-54-39(52)47-31-9-5-27(6-10-31)24-41-25-48/h3-14,22-23H,1-2,15,17-21,24H2,(H,46,51)(H,47,52)(H2,42,44,49)(H2,43,45,50). The highest BCUT2D eigenvalue weighted by atomic mass is 16.6. The molecule has 6 N–H and O–H groups in total. The number of nitrogens with zero attached hydrogens (tertiary/aromatic N) is 2. The van der Waals surface area contributed by atoms with Gasteiger partial charge in [-0.3, -0.25) is 10.6 Å². The molecule has 0 radical (unpaired) electrons. The number of isocyanates is 1. The summed E-state index contributed by atoms with van der Waals surface area (Å²) < 4.78 is 10.3. The van der Waals surface area contributed by atoms with E-state index in [1.54, 1.807) is 48.5 Å². The van der Waals surface area contributed by atoms with Gasteiger partial charge in [0, 0.05) is 35.8 Å². The van der Waals surface area contributed by atoms with Crippen LogP contribution in [0.5, 0.6) is 0 Å². The Balaban J connectivity index is 0.957. The van der Waals surface area contributed by atoms with Crippen LogP contribution < -0.4 is 31.9 Å². The molecule has 0 saturated heterocycles. The van der Waals surface area contributed by atoms with E-state index in [4.69, 9.17) is 14.7 Å². The normalized spacial score (nSPS) is 10.6. The number of nitriles is 1. The molecule has 4 aromatic rings. The number of benzene rings is 4. The van der Waals surface area contributed by atoms with Gasteiger partial charge in [0.25, 0.3) is 0 Å². The highest BCUT2D eigenvalue weighted by molar-refractivity contribution is 5.92. The number of nitrogens with one attached hydrogen (secondary N) is 6. The maximum atomic E-state index is 12.5. The van der Waals surface area contributed by atoms with E-state index >= 15 is 0 Å². The van der Waals surface area contributed by atoms with Gasteiger partial charge in [-0.2, -0.15) is 5.26 Å². The number of rotatable bonds is 15. The van der Waals surface area contributed by atoms with Crippen LogP contribution in [0.25, 0.3) is 11.1 Å². The van der Waals surface area contributed by atoms with Crippen LogP contribution in [0.2, 0.25) is 0 Å². The average Bonchev–Trinajstić information content (AvgIpc) is 3.52. The zero-order valence-electron chi connectivity index (χ0n) is 29.2. The van der Waals surface area contributed by atoms with E-state index in [1.807, 2.05) is 36.4 Å². The maximum Gasteiger partial charge on any atom is 0.411 e. The molecular weight excluding hydrogens is 692 g/mol. The molecule has 15 nitrogen and oxygen atoms in total. The van der Waals surface area contributed by atoms with Gasteiger partial charge in [-0.1, -0.05) is 36.4 Å². The maximum absolute atomic E-state index is 12.5. The summed E-state index contributed by atoms with van der Waals surface area (Å²) in [6, 6.07) is 26.4. The SMILES string of the molecule is N#CCc1ccc(NC(=O)OCCCNC(=O)Nc2ccc3c(c2)Cc2cc(NC(=O)NCCCOC(=O)Nc4ccc(CN=C=O)cc4)ccc2-3)cc1. The average molecular weight is 731 g/mol. The van der Waals surface area contributed by atoms with E-state index in [2.05, 4.69) is 43.0 Å². The van der Waals surface area contributed by atoms with Crippen molar-refractivity contribution in [2.45, 2.75) is 32.2 Å². The van der Waals surface area contributed by atoms with Crippen LogP contribution in [0.1, 0.15) is 35.1 Å². The van der Waals surface area contributed by atoms with Crippen LogP contribution in [0.3, 0.4) is 0 Å². The predicted octanol–water partition coefficient (Wildman–Crippen LogP) is 6.68. The van der Waals surface area contributed by atoms with Crippen molar-refractivity contribution in [2.75, 3.05) is 47.6 Å². The molecule has 6 amide bonds. The first-order valence-corrected chi connectivity index (χ1v) is 17.1. The third-order valence-corrected chi connectivity index (χ3v) is 8.09. The molecule has 0 aliphatic heterocycles. The molecule has 1 aliphatic carbocycles. The van der Waals surface area contributed by atoms with E-state index in [0.717, 1.165) is 33.4 Å². The van der Waals surface area contributed by atoms with Crippen molar-refractivity contribution >= 4 is 53.1 Å². The van der Waals surface area contributed by atoms with Gasteiger partial charge < -0.3 is 30.7 Å². The Bertz CT molecular complexity index is 2060. The van der Waals surface area contributed by atoms with Gasteiger partial charge in [-0.05, 0) is 101 Å². The van der Waals surface area contributed by atoms with E-state index in [1.165, 1.54) is 6.08 Å². The smallest absolute Gasteiger partial charge is 0.411 e. The summed E-state index contributed by atoms with van der Waals surface area (Å²) in [6.45, 7) is 1.02. The van der Waals surface area contributed by atoms with E-state index < -0.39 is 12.2 Å². The van der Waals surface area contributed by atoms with E-state index in [-0.39, 0.29) is 38.4 Å². The number of aliphatic imine (C=N–C) groups is 1. The van der Waals surface area contributed by atoms with Crippen molar-refractivity contribution in [1.82, 2.24) is 10.6 Å². The fourth-order valence-corrected chi connectivity index (χ4v) is 5.52. The number of urea groups is 2. The number of hydrogen-bond acceptors (Lipinski definition) is 9. The highest BCUT2D eigenvalue weighted by Crippen LogP contribution is 2.39. The van der Waals surface area contributed by atoms with Crippen LogP contribution in [-0.2, 0) is 33.7 Å². The van der Waals surface area contributed by atoms with Crippen LogP contribution in [0.15, 0.2) is 89.9 Å². The van der Waals surface area contributed by atoms with Crippen molar-refractivity contribution in [3.8, 4) is 17.2 Å². The molecule has 54 heavy (non-hydrogen) atoms. The van der Waals surface area contributed by atoms with Crippen molar-refractivity contribution in [3.05, 3.63) is 107 Å². The second kappa shape index (κ2) is 19.4. The van der Waals surface area contributed by atoms with Crippen molar-refractivity contribution < 1.29 is 33.4 Å². The fraction of sp³-hybridized carbons (Fsp3) is 0.231. The number of anilines is 4. The fourth-order valence-electron chi connectivity index (χ4n) is 5.52. The molecule has 5 rings (SSSR count). The number of carbonyl (C=O) groups is 4. The number of amides is 6. The topological polar surface area (TPSA) is 212 Å². The molecule has 15 heteroatoms. The van der Waals surface area contributed by atoms with Gasteiger partial charge in [0.15, 0.2) is 0 Å². The van der Waals surface area contributed by atoms with E-state index in [0.29, 0.717) is 55.0 Å². The van der Waals surface area contributed by atoms with Crippen LogP contribution in [-0.4, -0.2) is 56.6 Å². The summed E-state index contributed by atoms with van der Waals surface area (Å²) >= 11 is 0. The number of carbonyl (C=O) groups excluding carboxylic acids is 5. The van der Waals surface area contributed by atoms with E-state index in [9.17, 15) is 24.0 Å². The molecule has 276 valence electrons. The lowest BCUT2D eigenvalue weighted by molar-refractivity contribution is 0.159. The minimum Gasteiger partial charge on any atom is -0.449 e. The van der Waals surface area contributed by atoms with Gasteiger partial charge in [0.1, 0.15) is 0 Å². The summed E-state index contributed by atoms with van der Waals surface area (Å²) in [6.07, 6.45) is 2.00. The first kappa shape index (κ1) is 38.1. The van der Waals surface area contributed by atoms with Gasteiger partial charge in [0.2, 0.25) is 6.08 Å². The predicted molar refractivity (Wildman–Crippen MR) is 202 cm³/mol. The second-order valence-corrected chi connectivity index (χ2v) is 12.0. The first-order valence-electron chi connectivity index (χ1n) is 17.1. The Kier molecular flexibility index (Phi) is 13.7. The molecule has 0 fully saturated rings. The molecule has 4 aromatic carbocycles. The van der Waals surface area contributed by atoms with Crippen LogP contribution >= 0.6 is 0 Å². The largest absolute Gasteiger partial charge is 0.449 e. The lowest BCUT2D eigenvalue weighted by Crippen LogP contribution is -2.30. The summed E-state index contributed by atoms with van der Waals surface area (Å²) in [4.78, 5) is 62.8. The summed E-state index contributed by atoms with van der Waals surface area (Å²) in [5.74, 6) is 0. The third-order valence-electron chi connectivity index (χ3n) is 8.09. The van der Waals surface area contributed by atoms with Gasteiger partial charge in [-0.25, -0.2) is 29.0 Å². The molecule has 0 saturated carbocycles. The number of fused-ring (bicyclic) bond motifs is 3. The molecule has 0 spiro atoms. The Hall–Kier alpha value is -7.17. The number of ether oxygens (including phenoxy) is 2. The highest BCUT2D eigenvalue weighted by Gasteiger charge is 2.20. The van der Waals surface area contributed by atoms with Crippen molar-refractivity contribution in [1.29, 1.82) is 5.26 Å². The van der Waals surface area contributed by atoms with Gasteiger partial charge in [-0.15, -0.1) is 0 Å². The molecule has 0 atom stereocenters. The van der Waals surface area contributed by atoms with Gasteiger partial charge in [0.05, 0.1) is 32.2 Å². The lowest BCUT2D eigenvalue weighted by Gasteiger charge is -2.10. The van der Waals surface area contributed by atoms with Gasteiger partial charge >= 0.3 is 24.2 Å². The third kappa shape index (κ3) is 11.7. The minimum absolute atomic E-state index is 0.103. The van der Waals surface area contributed by atoms with Crippen molar-refractivity contribution in [2.24, 2.45) is 4.99 Å². The Morgan fingerprint density at radius 3 is 1.56 bits per heavy atom. The molecular formula is C39H38N8O7. The lowest BCUT2D eigenvalue weighted by atomic mass is 10.1. The quantitative estimate of drug-likeness (QED) is 0.0387. The Morgan fingerprint density at radius 2 is 1.09 bits per heavy atom. The van der Waals surface area contributed by atoms with Crippen LogP contribution in [0, 0.1) is 11.3 Å². The molecule has 0 heterocycles. The monoisotopic (exact) mass is 730 g/mol. The minimum atomic E-state index is -0.622. The summed E-state index contributed by atoms with van der Waals surface area (Å²) in [7, 11) is 0. The molecule has 0 aromatic heterocycles. The second-order valence-electron chi connectivity index (χ2n) is 12.0. The summed E-state index contributed by atoms with van der Waals surface area (Å²) in [5.41, 5.74) is 8.17. The first-order chi connectivity index (χ1) is 26.3. The molecule has 0 unspecified atom stereocenters. The molecule has 0 bridgehead atoms. The van der Waals surface area contributed by atoms with Crippen molar-refractivity contribution in [3.63, 3.8) is 0 Å². The Morgan fingerprint density at radius 1 is 0.630 bits per heavy atom. The summed E-state index contributed by atoms with van der Waals surface area (Å²) in [5, 5.41) is 25.2. The molecule has 1 aliphatic rings.